The van der Waals surface area contributed by atoms with Gasteiger partial charge < -0.3 is 4.74 Å². The molecule has 4 nitrogen and oxygen atoms in total. The molecule has 0 atom stereocenters. The minimum absolute atomic E-state index is 0.0709. The Bertz CT molecular complexity index is 814. The molecule has 0 aliphatic rings. The second-order valence-corrected chi connectivity index (χ2v) is 6.14. The maximum atomic E-state index is 11.2. The van der Waals surface area contributed by atoms with Crippen LogP contribution < -0.4 is 4.74 Å². The van der Waals surface area contributed by atoms with Crippen LogP contribution >= 0.6 is 27.3 Å². The summed E-state index contributed by atoms with van der Waals surface area (Å²) < 4.78 is 6.82. The Morgan fingerprint density at radius 2 is 1.73 bits per heavy atom. The first kappa shape index (κ1) is 14.7. The molecule has 0 bridgehead atoms. The lowest BCUT2D eigenvalue weighted by Crippen LogP contribution is -1.92. The first-order valence-electron chi connectivity index (χ1n) is 6.38. The van der Waals surface area contributed by atoms with Crippen molar-refractivity contribution in [2.75, 3.05) is 0 Å². The number of nitrogens with zero attached hydrogens (tertiary/aromatic N) is 1. The van der Waals surface area contributed by atoms with Gasteiger partial charge in [-0.15, -0.1) is 11.3 Å². The lowest BCUT2D eigenvalue weighted by atomic mass is 10.1. The Labute approximate surface area is 139 Å². The Balaban J connectivity index is 1.99. The van der Waals surface area contributed by atoms with Crippen LogP contribution in [-0.2, 0) is 0 Å². The molecule has 3 aromatic rings. The number of hydrogen-bond donors (Lipinski definition) is 0. The lowest BCUT2D eigenvalue weighted by molar-refractivity contribution is -0.384. The molecule has 0 amide bonds. The number of hydrogen-bond acceptors (Lipinski definition) is 4. The highest BCUT2D eigenvalue weighted by molar-refractivity contribution is 9.10. The molecule has 0 radical (unpaired) electrons. The normalized spacial score (nSPS) is 10.4. The molecule has 1 aromatic heterocycles. The summed E-state index contributed by atoms with van der Waals surface area (Å²) in [4.78, 5) is 10.8. The molecule has 0 unspecified atom stereocenters. The number of halogens is 1. The summed E-state index contributed by atoms with van der Waals surface area (Å²) in [6.07, 6.45) is 0. The molecule has 6 heteroatoms. The summed E-state index contributed by atoms with van der Waals surface area (Å²) >= 11 is 4.82. The molecular formula is C16H10BrNO3S. The summed E-state index contributed by atoms with van der Waals surface area (Å²) in [5.74, 6) is 1.29. The van der Waals surface area contributed by atoms with Gasteiger partial charge in [0.05, 0.1) is 10.5 Å². The standard InChI is InChI=1S/C16H10BrNO3S/c17-11-5-7-12(8-6-11)21-16-10-22-9-14(16)13-3-1-2-4-15(13)18(19)20/h1-10H. The quantitative estimate of drug-likeness (QED) is 0.422. The molecule has 110 valence electrons. The van der Waals surface area contributed by atoms with E-state index in [1.165, 1.54) is 17.4 Å². The molecule has 3 rings (SSSR count). The Hall–Kier alpha value is -2.18. The zero-order chi connectivity index (χ0) is 15.5. The van der Waals surface area contributed by atoms with Crippen LogP contribution in [0, 0.1) is 10.1 Å². The van der Waals surface area contributed by atoms with E-state index in [4.69, 9.17) is 4.74 Å². The van der Waals surface area contributed by atoms with E-state index in [1.807, 2.05) is 35.0 Å². The van der Waals surface area contributed by atoms with E-state index >= 15 is 0 Å². The molecular weight excluding hydrogens is 366 g/mol. The molecule has 0 saturated heterocycles. The Kier molecular flexibility index (Phi) is 4.22. The van der Waals surface area contributed by atoms with E-state index in [-0.39, 0.29) is 10.6 Å². The third-order valence-electron chi connectivity index (χ3n) is 3.06. The van der Waals surface area contributed by atoms with Crippen molar-refractivity contribution < 1.29 is 9.66 Å². The number of para-hydroxylation sites is 1. The number of nitro benzene ring substituents is 1. The largest absolute Gasteiger partial charge is 0.456 e. The predicted octanol–water partition coefficient (Wildman–Crippen LogP) is 5.88. The van der Waals surface area contributed by atoms with Crippen molar-refractivity contribution in [3.63, 3.8) is 0 Å². The molecule has 0 fully saturated rings. The zero-order valence-electron chi connectivity index (χ0n) is 11.2. The fraction of sp³-hybridized carbons (Fsp3) is 0. The van der Waals surface area contributed by atoms with Gasteiger partial charge in [0.2, 0.25) is 0 Å². The van der Waals surface area contributed by atoms with E-state index in [0.29, 0.717) is 17.1 Å². The number of thiophene rings is 1. The zero-order valence-corrected chi connectivity index (χ0v) is 13.6. The molecule has 22 heavy (non-hydrogen) atoms. The third-order valence-corrected chi connectivity index (χ3v) is 4.31. The average molecular weight is 376 g/mol. The van der Waals surface area contributed by atoms with Crippen LogP contribution in [0.1, 0.15) is 0 Å². The van der Waals surface area contributed by atoms with E-state index < -0.39 is 0 Å². The van der Waals surface area contributed by atoms with Gasteiger partial charge in [-0.25, -0.2) is 0 Å². The number of benzene rings is 2. The highest BCUT2D eigenvalue weighted by Gasteiger charge is 2.18. The molecule has 0 saturated carbocycles. The van der Waals surface area contributed by atoms with Crippen molar-refractivity contribution in [2.24, 2.45) is 0 Å². The topological polar surface area (TPSA) is 52.4 Å². The van der Waals surface area contributed by atoms with Crippen molar-refractivity contribution in [2.45, 2.75) is 0 Å². The van der Waals surface area contributed by atoms with E-state index in [0.717, 1.165) is 10.0 Å². The van der Waals surface area contributed by atoms with Gasteiger partial charge in [0.1, 0.15) is 11.5 Å². The van der Waals surface area contributed by atoms with Gasteiger partial charge in [-0.1, -0.05) is 28.1 Å². The summed E-state index contributed by atoms with van der Waals surface area (Å²) in [5.41, 5.74) is 1.35. The van der Waals surface area contributed by atoms with E-state index in [2.05, 4.69) is 15.9 Å². The highest BCUT2D eigenvalue weighted by atomic mass is 79.9. The Morgan fingerprint density at radius 1 is 1.00 bits per heavy atom. The van der Waals surface area contributed by atoms with Crippen molar-refractivity contribution in [1.29, 1.82) is 0 Å². The fourth-order valence-electron chi connectivity index (χ4n) is 2.05. The van der Waals surface area contributed by atoms with E-state index in [1.54, 1.807) is 18.2 Å². The first-order valence-corrected chi connectivity index (χ1v) is 8.12. The van der Waals surface area contributed by atoms with Gasteiger partial charge in [-0.3, -0.25) is 10.1 Å². The number of ether oxygens (including phenoxy) is 1. The average Bonchev–Trinajstić information content (AvgIpc) is 2.97. The van der Waals surface area contributed by atoms with Gasteiger partial charge in [-0.2, -0.15) is 0 Å². The monoisotopic (exact) mass is 375 g/mol. The first-order chi connectivity index (χ1) is 10.6. The summed E-state index contributed by atoms with van der Waals surface area (Å²) in [6, 6.07) is 14.1. The molecule has 1 heterocycles. The molecule has 0 spiro atoms. The minimum Gasteiger partial charge on any atom is -0.456 e. The van der Waals surface area contributed by atoms with Crippen molar-refractivity contribution in [1.82, 2.24) is 0 Å². The van der Waals surface area contributed by atoms with Gasteiger partial charge in [0.15, 0.2) is 0 Å². The molecule has 0 aliphatic heterocycles. The van der Waals surface area contributed by atoms with Crippen LogP contribution in [0.4, 0.5) is 5.69 Å². The number of nitro groups is 1. The maximum Gasteiger partial charge on any atom is 0.277 e. The fourth-order valence-corrected chi connectivity index (χ4v) is 3.06. The highest BCUT2D eigenvalue weighted by Crippen LogP contribution is 2.40. The molecule has 0 N–H and O–H groups in total. The Morgan fingerprint density at radius 3 is 2.45 bits per heavy atom. The SMILES string of the molecule is O=[N+]([O-])c1ccccc1-c1cscc1Oc1ccc(Br)cc1. The second kappa shape index (κ2) is 6.29. The lowest BCUT2D eigenvalue weighted by Gasteiger charge is -2.07. The summed E-state index contributed by atoms with van der Waals surface area (Å²) in [7, 11) is 0. The van der Waals surface area contributed by atoms with Gasteiger partial charge in [-0.05, 0) is 30.3 Å². The number of rotatable bonds is 4. The summed E-state index contributed by atoms with van der Waals surface area (Å²) in [5, 5.41) is 14.9. The third kappa shape index (κ3) is 3.03. The van der Waals surface area contributed by atoms with E-state index in [9.17, 15) is 10.1 Å². The van der Waals surface area contributed by atoms with Crippen molar-refractivity contribution >= 4 is 33.0 Å². The van der Waals surface area contributed by atoms with Crippen molar-refractivity contribution in [3.8, 4) is 22.6 Å². The maximum absolute atomic E-state index is 11.2. The summed E-state index contributed by atoms with van der Waals surface area (Å²) in [6.45, 7) is 0. The van der Waals surface area contributed by atoms with Crippen LogP contribution in [-0.4, -0.2) is 4.92 Å². The van der Waals surface area contributed by atoms with Gasteiger partial charge >= 0.3 is 0 Å². The minimum atomic E-state index is -0.379. The van der Waals surface area contributed by atoms with Crippen molar-refractivity contribution in [3.05, 3.63) is 73.9 Å². The second-order valence-electron chi connectivity index (χ2n) is 4.48. The van der Waals surface area contributed by atoms with Crippen LogP contribution in [0.3, 0.4) is 0 Å². The predicted molar refractivity (Wildman–Crippen MR) is 90.6 cm³/mol. The molecule has 2 aromatic carbocycles. The van der Waals surface area contributed by atoms with Gasteiger partial charge in [0.25, 0.3) is 5.69 Å². The van der Waals surface area contributed by atoms with Crippen LogP contribution in [0.25, 0.3) is 11.1 Å². The van der Waals surface area contributed by atoms with Crippen LogP contribution in [0.5, 0.6) is 11.5 Å². The smallest absolute Gasteiger partial charge is 0.277 e. The van der Waals surface area contributed by atoms with Gasteiger partial charge in [0, 0.05) is 26.9 Å². The molecule has 0 aliphatic carbocycles. The van der Waals surface area contributed by atoms with Crippen LogP contribution in [0.2, 0.25) is 0 Å². The van der Waals surface area contributed by atoms with Crippen LogP contribution in [0.15, 0.2) is 63.8 Å².